The molecule has 3 nitrogen and oxygen atoms in total. The Morgan fingerprint density at radius 3 is 2.90 bits per heavy atom. The van der Waals surface area contributed by atoms with Gasteiger partial charge >= 0.3 is 0 Å². The minimum absolute atomic E-state index is 0.426. The average molecular weight is 157 g/mol. The minimum atomic E-state index is 0.426. The van der Waals surface area contributed by atoms with Crippen molar-refractivity contribution < 1.29 is 5.21 Å². The zero-order chi connectivity index (χ0) is 7.40. The molecule has 1 N–H and O–H groups in total. The highest BCUT2D eigenvalue weighted by atomic mass is 35.5. The lowest BCUT2D eigenvalue weighted by Gasteiger charge is -1.88. The van der Waals surface area contributed by atoms with Crippen molar-refractivity contribution in [2.45, 2.75) is 0 Å². The summed E-state index contributed by atoms with van der Waals surface area (Å²) in [6.07, 6.45) is 2.80. The first-order chi connectivity index (χ1) is 4.83. The van der Waals surface area contributed by atoms with E-state index >= 15 is 0 Å². The molecule has 4 heteroatoms. The third-order valence-corrected chi connectivity index (χ3v) is 1.18. The van der Waals surface area contributed by atoms with Gasteiger partial charge in [-0.3, -0.25) is 0 Å². The fraction of sp³-hybridized carbons (Fsp3) is 0. The van der Waals surface area contributed by atoms with Crippen LogP contribution in [0.25, 0.3) is 0 Å². The quantitative estimate of drug-likeness (QED) is 0.290. The van der Waals surface area contributed by atoms with E-state index in [0.29, 0.717) is 10.7 Å². The van der Waals surface area contributed by atoms with Crippen molar-refractivity contribution in [2.24, 2.45) is 5.16 Å². The van der Waals surface area contributed by atoms with E-state index in [2.05, 4.69) is 10.1 Å². The number of pyridine rings is 1. The first-order valence-electron chi connectivity index (χ1n) is 2.62. The molecular formula is C6H5ClN2O. The lowest BCUT2D eigenvalue weighted by Crippen LogP contribution is -1.81. The SMILES string of the molecule is ON=Cc1ccc(Cl)nc1. The van der Waals surface area contributed by atoms with E-state index < -0.39 is 0 Å². The molecule has 0 aromatic carbocycles. The molecule has 0 radical (unpaired) electrons. The van der Waals surface area contributed by atoms with Crippen LogP contribution in [0, 0.1) is 0 Å². The number of halogens is 1. The maximum absolute atomic E-state index is 8.10. The van der Waals surface area contributed by atoms with Crippen molar-refractivity contribution in [1.29, 1.82) is 0 Å². The first-order valence-corrected chi connectivity index (χ1v) is 2.99. The largest absolute Gasteiger partial charge is 0.411 e. The topological polar surface area (TPSA) is 45.5 Å². The highest BCUT2D eigenvalue weighted by molar-refractivity contribution is 6.29. The molecule has 0 bridgehead atoms. The summed E-state index contributed by atoms with van der Waals surface area (Å²) in [6.45, 7) is 0. The molecule has 1 aromatic heterocycles. The van der Waals surface area contributed by atoms with Gasteiger partial charge in [-0.2, -0.15) is 0 Å². The fourth-order valence-electron chi connectivity index (χ4n) is 0.530. The molecule has 10 heavy (non-hydrogen) atoms. The van der Waals surface area contributed by atoms with Crippen molar-refractivity contribution in [1.82, 2.24) is 4.98 Å². The van der Waals surface area contributed by atoms with Crippen LogP contribution in [0.3, 0.4) is 0 Å². The Bertz CT molecular complexity index is 232. The molecule has 0 aliphatic heterocycles. The second kappa shape index (κ2) is 3.17. The standard InChI is InChI=1S/C6H5ClN2O/c7-6-2-1-5(3-8-6)4-9-10/h1-4,10H. The number of oxime groups is 1. The number of hydrogen-bond acceptors (Lipinski definition) is 3. The van der Waals surface area contributed by atoms with Crippen LogP contribution in [0.15, 0.2) is 23.5 Å². The van der Waals surface area contributed by atoms with E-state index in [4.69, 9.17) is 16.8 Å². The number of nitrogens with zero attached hydrogens (tertiary/aromatic N) is 2. The van der Waals surface area contributed by atoms with Crippen LogP contribution >= 0.6 is 11.6 Å². The summed E-state index contributed by atoms with van der Waals surface area (Å²) in [5.41, 5.74) is 0.715. The lowest BCUT2D eigenvalue weighted by atomic mass is 10.3. The van der Waals surface area contributed by atoms with Gasteiger partial charge in [0.05, 0.1) is 6.21 Å². The zero-order valence-corrected chi connectivity index (χ0v) is 5.78. The summed E-state index contributed by atoms with van der Waals surface area (Å²) in [7, 11) is 0. The van der Waals surface area contributed by atoms with Crippen LogP contribution in [0.4, 0.5) is 0 Å². The zero-order valence-electron chi connectivity index (χ0n) is 5.03. The van der Waals surface area contributed by atoms with Gasteiger partial charge in [0, 0.05) is 11.8 Å². The van der Waals surface area contributed by atoms with E-state index in [-0.39, 0.29) is 0 Å². The van der Waals surface area contributed by atoms with E-state index in [1.807, 2.05) is 0 Å². The molecule has 0 saturated heterocycles. The van der Waals surface area contributed by atoms with Crippen LogP contribution in [0.2, 0.25) is 5.15 Å². The monoisotopic (exact) mass is 156 g/mol. The highest BCUT2D eigenvalue weighted by Crippen LogP contribution is 2.02. The van der Waals surface area contributed by atoms with Crippen LogP contribution in [-0.2, 0) is 0 Å². The van der Waals surface area contributed by atoms with Crippen molar-refractivity contribution in [3.8, 4) is 0 Å². The molecule has 0 amide bonds. The number of hydrogen-bond donors (Lipinski definition) is 1. The smallest absolute Gasteiger partial charge is 0.129 e. The Kier molecular flexibility index (Phi) is 2.23. The molecule has 0 aliphatic rings. The Morgan fingerprint density at radius 1 is 1.60 bits per heavy atom. The Hall–Kier alpha value is -1.09. The predicted octanol–water partition coefficient (Wildman–Crippen LogP) is 1.54. The molecule has 0 aliphatic carbocycles. The van der Waals surface area contributed by atoms with E-state index in [9.17, 15) is 0 Å². The van der Waals surface area contributed by atoms with Gasteiger partial charge in [-0.15, -0.1) is 0 Å². The Morgan fingerprint density at radius 2 is 2.40 bits per heavy atom. The van der Waals surface area contributed by atoms with Crippen LogP contribution in [-0.4, -0.2) is 16.4 Å². The third-order valence-electron chi connectivity index (χ3n) is 0.957. The van der Waals surface area contributed by atoms with Gasteiger partial charge in [-0.05, 0) is 12.1 Å². The molecule has 1 aromatic rings. The summed E-state index contributed by atoms with van der Waals surface area (Å²) in [4.78, 5) is 3.76. The summed E-state index contributed by atoms with van der Waals surface area (Å²) in [5, 5.41) is 11.4. The predicted molar refractivity (Wildman–Crippen MR) is 38.6 cm³/mol. The molecule has 0 unspecified atom stereocenters. The molecule has 0 fully saturated rings. The van der Waals surface area contributed by atoms with E-state index in [1.165, 1.54) is 12.4 Å². The van der Waals surface area contributed by atoms with Gasteiger partial charge in [-0.1, -0.05) is 16.8 Å². The third kappa shape index (κ3) is 1.70. The maximum atomic E-state index is 8.10. The molecule has 0 atom stereocenters. The Labute approximate surface area is 63.0 Å². The number of aromatic nitrogens is 1. The normalized spacial score (nSPS) is 10.5. The molecule has 0 saturated carbocycles. The van der Waals surface area contributed by atoms with Crippen LogP contribution in [0.1, 0.15) is 5.56 Å². The summed E-state index contributed by atoms with van der Waals surface area (Å²) >= 11 is 5.49. The molecule has 1 rings (SSSR count). The molecule has 0 spiro atoms. The number of rotatable bonds is 1. The second-order valence-electron chi connectivity index (χ2n) is 1.66. The van der Waals surface area contributed by atoms with Crippen LogP contribution in [0.5, 0.6) is 0 Å². The van der Waals surface area contributed by atoms with Gasteiger partial charge in [-0.25, -0.2) is 4.98 Å². The van der Waals surface area contributed by atoms with Gasteiger partial charge in [0.1, 0.15) is 5.15 Å². The fourth-order valence-corrected chi connectivity index (χ4v) is 0.642. The first kappa shape index (κ1) is 7.02. The molecule has 52 valence electrons. The Balaban J connectivity index is 2.89. The molecular weight excluding hydrogens is 152 g/mol. The van der Waals surface area contributed by atoms with Crippen molar-refractivity contribution in [3.05, 3.63) is 29.0 Å². The van der Waals surface area contributed by atoms with Gasteiger partial charge in [0.15, 0.2) is 0 Å². The van der Waals surface area contributed by atoms with E-state index in [1.54, 1.807) is 12.1 Å². The minimum Gasteiger partial charge on any atom is -0.411 e. The van der Waals surface area contributed by atoms with Crippen molar-refractivity contribution >= 4 is 17.8 Å². The van der Waals surface area contributed by atoms with Crippen LogP contribution < -0.4 is 0 Å². The van der Waals surface area contributed by atoms with Crippen molar-refractivity contribution in [2.75, 3.05) is 0 Å². The lowest BCUT2D eigenvalue weighted by molar-refractivity contribution is 0.322. The average Bonchev–Trinajstić information content (AvgIpc) is 1.95. The van der Waals surface area contributed by atoms with E-state index in [0.717, 1.165) is 0 Å². The van der Waals surface area contributed by atoms with Gasteiger partial charge < -0.3 is 5.21 Å². The highest BCUT2D eigenvalue weighted by Gasteiger charge is 1.87. The van der Waals surface area contributed by atoms with Gasteiger partial charge in [0.2, 0.25) is 0 Å². The van der Waals surface area contributed by atoms with Gasteiger partial charge in [0.25, 0.3) is 0 Å². The summed E-state index contributed by atoms with van der Waals surface area (Å²) < 4.78 is 0. The maximum Gasteiger partial charge on any atom is 0.129 e. The second-order valence-corrected chi connectivity index (χ2v) is 2.05. The van der Waals surface area contributed by atoms with Crippen molar-refractivity contribution in [3.63, 3.8) is 0 Å². The molecule has 1 heterocycles. The summed E-state index contributed by atoms with van der Waals surface area (Å²) in [6, 6.07) is 3.33. The summed E-state index contributed by atoms with van der Waals surface area (Å²) in [5.74, 6) is 0.